The lowest BCUT2D eigenvalue weighted by molar-refractivity contribution is -0.137. The van der Waals surface area contributed by atoms with Gasteiger partial charge >= 0.3 is 5.97 Å². The fourth-order valence-electron chi connectivity index (χ4n) is 10.5. The molecule has 6 heterocycles. The molecule has 0 saturated carbocycles. The van der Waals surface area contributed by atoms with Crippen molar-refractivity contribution in [3.05, 3.63) is 334 Å². The van der Waals surface area contributed by atoms with Gasteiger partial charge in [-0.3, -0.25) is 37.9 Å². The maximum atomic E-state index is 14.1. The third-order valence-electron chi connectivity index (χ3n) is 14.8. The van der Waals surface area contributed by atoms with Crippen LogP contribution in [-0.4, -0.2) is 39.7 Å². The summed E-state index contributed by atoms with van der Waals surface area (Å²) in [6.45, 7) is 8.00. The van der Waals surface area contributed by atoms with Crippen molar-refractivity contribution >= 4 is 96.2 Å². The number of carbonyl (C=O) groups is 1. The summed E-state index contributed by atoms with van der Waals surface area (Å²) in [6.07, 6.45) is 4.87. The van der Waals surface area contributed by atoms with Crippen LogP contribution in [0.5, 0.6) is 0 Å². The number of nitrogens with one attached hydrogen (secondary N) is 5. The molecule has 8 aromatic carbocycles. The van der Waals surface area contributed by atoms with Crippen LogP contribution in [0.1, 0.15) is 39.8 Å². The topological polar surface area (TPSA) is 202 Å². The molecule has 0 atom stereocenters. The first-order chi connectivity index (χ1) is 47.5. The number of hydrogen-bond donors (Lipinski definition) is 6. The predicted molar refractivity (Wildman–Crippen MR) is 389 cm³/mol. The van der Waals surface area contributed by atoms with Crippen LogP contribution >= 0.6 is 0 Å². The largest absolute Gasteiger partial charge is 0.481 e. The quantitative estimate of drug-likeness (QED) is 0.0534. The van der Waals surface area contributed by atoms with Crippen molar-refractivity contribution in [2.24, 2.45) is 0 Å². The third-order valence-corrected chi connectivity index (χ3v) is 14.8. The first-order valence-electron chi connectivity index (χ1n) is 31.5. The van der Waals surface area contributed by atoms with Crippen LogP contribution in [0.15, 0.2) is 300 Å². The van der Waals surface area contributed by atoms with Crippen LogP contribution in [0.25, 0.3) is 49.8 Å². The zero-order chi connectivity index (χ0) is 68.0. The van der Waals surface area contributed by atoms with E-state index in [1.54, 1.807) is 72.9 Å². The molecule has 0 unspecified atom stereocenters. The average molecular weight is 1290 g/mol. The van der Waals surface area contributed by atoms with E-state index in [1.165, 1.54) is 30.6 Å². The molecule has 0 amide bonds. The first kappa shape index (κ1) is 67.1. The minimum Gasteiger partial charge on any atom is -0.481 e. The summed E-state index contributed by atoms with van der Waals surface area (Å²) < 4.78 is 33.6. The molecule has 0 aliphatic carbocycles. The van der Waals surface area contributed by atoms with Gasteiger partial charge in [-0.05, 0) is 109 Å². The number of halogens is 2. The van der Waals surface area contributed by atoms with E-state index < -0.39 is 5.97 Å². The van der Waals surface area contributed by atoms with Gasteiger partial charge in [0.15, 0.2) is 16.3 Å². The molecule has 0 spiro atoms. The second-order valence-corrected chi connectivity index (χ2v) is 21.2. The van der Waals surface area contributed by atoms with Gasteiger partial charge in [-0.25, -0.2) is 18.7 Å². The van der Waals surface area contributed by atoms with Gasteiger partial charge < -0.3 is 31.7 Å². The molecule has 6 aromatic heterocycles. The number of carboxylic acid groups (broad SMARTS) is 1. The van der Waals surface area contributed by atoms with Crippen LogP contribution in [0, 0.1) is 11.6 Å². The van der Waals surface area contributed by atoms with Crippen molar-refractivity contribution in [2.75, 3.05) is 26.6 Å². The molecule has 14 rings (SSSR count). The number of aliphatic carboxylic acids is 1. The Labute approximate surface area is 558 Å². The molecule has 0 fully saturated rings. The highest BCUT2D eigenvalue weighted by Gasteiger charge is 2.18. The van der Waals surface area contributed by atoms with E-state index in [4.69, 9.17) is 5.11 Å². The minimum absolute atomic E-state index is 0.0178. The monoisotopic (exact) mass is 1290 g/mol. The molecule has 6 N–H and O–H groups in total. The van der Waals surface area contributed by atoms with Crippen LogP contribution < -0.4 is 42.9 Å². The Morgan fingerprint density at radius 3 is 1.12 bits per heavy atom. The van der Waals surface area contributed by atoms with E-state index in [1.807, 2.05) is 223 Å². The smallest absolute Gasteiger partial charge is 0.303 e. The van der Waals surface area contributed by atoms with Gasteiger partial charge in [0.05, 0.1) is 44.8 Å². The zero-order valence-electron chi connectivity index (χ0n) is 53.6. The van der Waals surface area contributed by atoms with Gasteiger partial charge in [0.25, 0.3) is 0 Å². The summed E-state index contributed by atoms with van der Waals surface area (Å²) in [5.41, 5.74) is 8.28. The Morgan fingerprint density at radius 1 is 0.381 bits per heavy atom. The fourth-order valence-corrected chi connectivity index (χ4v) is 10.5. The number of para-hydroxylation sites is 7. The molecule has 0 aliphatic rings. The lowest BCUT2D eigenvalue weighted by Crippen LogP contribution is -2.13. The molecule has 16 nitrogen and oxygen atoms in total. The highest BCUT2D eigenvalue weighted by Crippen LogP contribution is 2.31. The van der Waals surface area contributed by atoms with Gasteiger partial charge in [0.1, 0.15) is 40.7 Å². The number of aryl methyl sites for hydroxylation is 1. The molecule has 484 valence electrons. The molecular weight excluding hydrogens is 1220 g/mol. The Bertz CT molecular complexity index is 5150. The van der Waals surface area contributed by atoms with Gasteiger partial charge in [0, 0.05) is 101 Å². The molecule has 14 aromatic rings. The fraction of sp³-hybridized carbons (Fsp3) is 0.0759. The summed E-state index contributed by atoms with van der Waals surface area (Å²) in [7, 11) is 0. The number of carboxylic acids is 1. The van der Waals surface area contributed by atoms with Crippen LogP contribution in [-0.2, 0) is 11.2 Å². The third kappa shape index (κ3) is 16.9. The summed E-state index contributed by atoms with van der Waals surface area (Å²) in [5.74, 6) is 1.20. The number of fused-ring (bicyclic) bond motifs is 3. The second-order valence-electron chi connectivity index (χ2n) is 21.2. The van der Waals surface area contributed by atoms with Gasteiger partial charge in [-0.15, -0.1) is 0 Å². The maximum absolute atomic E-state index is 14.1. The summed E-state index contributed by atoms with van der Waals surface area (Å²) in [4.78, 5) is 62.6. The highest BCUT2D eigenvalue weighted by molar-refractivity contribution is 5.88. The highest BCUT2D eigenvalue weighted by atomic mass is 19.1. The Hall–Kier alpha value is -12.8. The lowest BCUT2D eigenvalue weighted by Gasteiger charge is -2.19. The van der Waals surface area contributed by atoms with Crippen molar-refractivity contribution in [3.63, 3.8) is 0 Å². The number of aromatic nitrogens is 6. The standard InChI is InChI=1S/2C26H19FN4O.C23H19N3O3.2C2H6/c27-18-8-7-11-20(14-18)29-25-15-23-22(17-28-25)24(32)16-26(30-19-9-3-1-4-10-19)31(23)21-12-5-2-6-13-21;27-21-13-7-8-14-22(21)30-25-15-23-20(17-28-25)24(32)16-26(29-18-9-3-1-4-10-18)31(23)19-11-5-2-6-12-19;27-21-14-22(25-16-7-3-1-4-8-16)26(18-9-5-2-6-10-18)20-13-17(11-12-23(28)29)24-15-19(20)21;2*1-2/h1-17,30H,(H,28,29);1-17,29H,(H,28,30);1-10,13-15,25H,11-12H2,(H,28,29);2*1-2H3. The van der Waals surface area contributed by atoms with Crippen molar-refractivity contribution in [1.82, 2.24) is 28.7 Å². The molecule has 0 radical (unpaired) electrons. The molecule has 0 aliphatic heterocycles. The molecular formula is C79H69F2N11O5. The number of pyridine rings is 6. The number of rotatable bonds is 16. The summed E-state index contributed by atoms with van der Waals surface area (Å²) in [6, 6.07) is 80.7. The molecule has 0 bridgehead atoms. The van der Waals surface area contributed by atoms with Crippen molar-refractivity contribution in [1.29, 1.82) is 0 Å². The Morgan fingerprint density at radius 2 is 0.732 bits per heavy atom. The van der Waals surface area contributed by atoms with Gasteiger partial charge in [-0.2, -0.15) is 0 Å². The van der Waals surface area contributed by atoms with E-state index >= 15 is 0 Å². The zero-order valence-corrected chi connectivity index (χ0v) is 53.6. The minimum atomic E-state index is -0.883. The predicted octanol–water partition coefficient (Wildman–Crippen LogP) is 18.2. The van der Waals surface area contributed by atoms with E-state index in [0.29, 0.717) is 85.3 Å². The number of hydrogen-bond acceptors (Lipinski definition) is 12. The SMILES string of the molecule is CC.CC.O=C(O)CCc1cc2c(cn1)c(=O)cc(Nc1ccccc1)n2-c1ccccc1.O=c1cc(Nc2ccccc2)n(-c2ccccc2)c2cc(Nc3cccc(F)c3)ncc12.O=c1cc(Nc2ccccc2)n(-c2ccccc2)c2cc(Nc3ccccc3F)ncc12. The second kappa shape index (κ2) is 32.6. The molecule has 97 heavy (non-hydrogen) atoms. The molecule has 18 heteroatoms. The molecule has 0 saturated heterocycles. The van der Waals surface area contributed by atoms with E-state index in [9.17, 15) is 28.0 Å². The number of benzene rings is 8. The van der Waals surface area contributed by atoms with Crippen molar-refractivity contribution in [2.45, 2.75) is 40.5 Å². The van der Waals surface area contributed by atoms with Gasteiger partial charge in [0.2, 0.25) is 0 Å². The van der Waals surface area contributed by atoms with Crippen LogP contribution in [0.4, 0.5) is 66.3 Å². The summed E-state index contributed by atoms with van der Waals surface area (Å²) in [5, 5.41) is 26.6. The van der Waals surface area contributed by atoms with Crippen molar-refractivity contribution in [3.8, 4) is 17.1 Å². The number of nitrogens with zero attached hydrogens (tertiary/aromatic N) is 6. The number of anilines is 10. The summed E-state index contributed by atoms with van der Waals surface area (Å²) >= 11 is 0. The Balaban J connectivity index is 0.000000154. The van der Waals surface area contributed by atoms with E-state index in [-0.39, 0.29) is 34.3 Å². The van der Waals surface area contributed by atoms with Crippen molar-refractivity contribution < 1.29 is 18.7 Å². The average Bonchev–Trinajstić information content (AvgIpc) is 0.830. The van der Waals surface area contributed by atoms with Crippen LogP contribution in [0.3, 0.4) is 0 Å². The normalized spacial score (nSPS) is 10.5. The van der Waals surface area contributed by atoms with Gasteiger partial charge in [-0.1, -0.05) is 155 Å². The van der Waals surface area contributed by atoms with Crippen LogP contribution in [0.2, 0.25) is 0 Å². The first-order valence-corrected chi connectivity index (χ1v) is 31.5. The maximum Gasteiger partial charge on any atom is 0.303 e. The Kier molecular flexibility index (Phi) is 22.6. The lowest BCUT2D eigenvalue weighted by atomic mass is 10.1. The van der Waals surface area contributed by atoms with E-state index in [0.717, 1.165) is 34.1 Å². The van der Waals surface area contributed by atoms with E-state index in [2.05, 4.69) is 41.5 Å².